The van der Waals surface area contributed by atoms with Gasteiger partial charge < -0.3 is 16.0 Å². The molecule has 0 heterocycles. The molecule has 4 rings (SSSR count). The average Bonchev–Trinajstić information content (AvgIpc) is 2.74. The van der Waals surface area contributed by atoms with Crippen LogP contribution in [0.4, 0.5) is 17.1 Å². The third kappa shape index (κ3) is 3.72. The molecule has 0 fully saturated rings. The van der Waals surface area contributed by atoms with E-state index in [1.165, 1.54) is 0 Å². The molecule has 3 N–H and O–H groups in total. The summed E-state index contributed by atoms with van der Waals surface area (Å²) in [4.78, 5) is 29.6. The molecule has 0 radical (unpaired) electrons. The Bertz CT molecular complexity index is 1130. The van der Waals surface area contributed by atoms with Crippen molar-refractivity contribution in [3.8, 4) is 0 Å². The fourth-order valence-corrected chi connectivity index (χ4v) is 4.66. The van der Waals surface area contributed by atoms with E-state index in [0.717, 1.165) is 22.9 Å². The first-order chi connectivity index (χ1) is 14.5. The van der Waals surface area contributed by atoms with Crippen molar-refractivity contribution in [2.24, 2.45) is 0 Å². The topological polar surface area (TPSA) is 75.4 Å². The number of benzene rings is 3. The fraction of sp³-hybridized carbons (Fsp3) is 0.167. The normalized spacial score (nSPS) is 12.6. The molecule has 0 saturated carbocycles. The van der Waals surface area contributed by atoms with E-state index in [1.807, 2.05) is 50.5 Å². The summed E-state index contributed by atoms with van der Waals surface area (Å²) in [6.07, 6.45) is 0. The van der Waals surface area contributed by atoms with Gasteiger partial charge in [0.25, 0.3) is 0 Å². The van der Waals surface area contributed by atoms with E-state index in [2.05, 4.69) is 10.2 Å². The van der Waals surface area contributed by atoms with Crippen LogP contribution in [0.3, 0.4) is 0 Å². The number of rotatable bonds is 6. The van der Waals surface area contributed by atoms with E-state index in [-0.39, 0.29) is 11.6 Å². The lowest BCUT2D eigenvalue weighted by Gasteiger charge is -2.24. The molecule has 3 aromatic carbocycles. The molecule has 1 aliphatic rings. The van der Waals surface area contributed by atoms with Crippen LogP contribution in [0.15, 0.2) is 65.6 Å². The summed E-state index contributed by atoms with van der Waals surface area (Å²) < 4.78 is 0. The highest BCUT2D eigenvalue weighted by atomic mass is 32.2. The standard InChI is InChI=1S/C24H23N3O2S/c1-27(2)12-13-30-19-14-18(26-15-8-4-3-5-9-15)20-21(22(19)25)24(29)17-11-7-6-10-16(17)23(20)28/h3-11,14,26H,12-13,25H2,1-2H3. The first-order valence-electron chi connectivity index (χ1n) is 9.72. The molecule has 0 saturated heterocycles. The summed E-state index contributed by atoms with van der Waals surface area (Å²) in [5, 5.41) is 3.33. The lowest BCUT2D eigenvalue weighted by atomic mass is 9.82. The molecule has 0 aromatic heterocycles. The van der Waals surface area contributed by atoms with Crippen LogP contribution >= 0.6 is 11.8 Å². The van der Waals surface area contributed by atoms with Gasteiger partial charge in [0, 0.05) is 34.0 Å². The quantitative estimate of drug-likeness (QED) is 0.357. The van der Waals surface area contributed by atoms with Crippen LogP contribution < -0.4 is 11.1 Å². The summed E-state index contributed by atoms with van der Waals surface area (Å²) in [5.41, 5.74) is 9.74. The van der Waals surface area contributed by atoms with Gasteiger partial charge >= 0.3 is 0 Å². The molecule has 0 unspecified atom stereocenters. The highest BCUT2D eigenvalue weighted by Gasteiger charge is 2.34. The number of carbonyl (C=O) groups is 2. The Morgan fingerprint density at radius 1 is 0.900 bits per heavy atom. The zero-order chi connectivity index (χ0) is 21.3. The summed E-state index contributed by atoms with van der Waals surface area (Å²) in [7, 11) is 4.02. The fourth-order valence-electron chi connectivity index (χ4n) is 3.53. The maximum atomic E-state index is 13.4. The van der Waals surface area contributed by atoms with Gasteiger partial charge in [0.15, 0.2) is 11.6 Å². The minimum absolute atomic E-state index is 0.185. The van der Waals surface area contributed by atoms with Crippen molar-refractivity contribution in [3.63, 3.8) is 0 Å². The Kier molecular flexibility index (Phi) is 5.61. The Balaban J connectivity index is 1.86. The third-order valence-electron chi connectivity index (χ3n) is 5.05. The molecule has 152 valence electrons. The number of carbonyl (C=O) groups excluding carboxylic acids is 2. The maximum absolute atomic E-state index is 13.4. The number of ketones is 2. The molecule has 1 aliphatic carbocycles. The molecule has 6 heteroatoms. The minimum Gasteiger partial charge on any atom is -0.397 e. The van der Waals surface area contributed by atoms with Crippen molar-refractivity contribution in [2.45, 2.75) is 4.90 Å². The maximum Gasteiger partial charge on any atom is 0.196 e. The summed E-state index contributed by atoms with van der Waals surface area (Å²) in [6, 6.07) is 18.4. The van der Waals surface area contributed by atoms with Gasteiger partial charge in [-0.3, -0.25) is 9.59 Å². The second-order valence-electron chi connectivity index (χ2n) is 7.43. The van der Waals surface area contributed by atoms with E-state index in [1.54, 1.807) is 36.0 Å². The van der Waals surface area contributed by atoms with Crippen molar-refractivity contribution in [1.82, 2.24) is 4.90 Å². The van der Waals surface area contributed by atoms with Crippen LogP contribution in [0.25, 0.3) is 0 Å². The van der Waals surface area contributed by atoms with Crippen molar-refractivity contribution >= 4 is 40.4 Å². The first-order valence-corrected chi connectivity index (χ1v) is 10.7. The molecular weight excluding hydrogens is 394 g/mol. The van der Waals surface area contributed by atoms with Crippen molar-refractivity contribution in [2.75, 3.05) is 37.4 Å². The van der Waals surface area contributed by atoms with E-state index in [0.29, 0.717) is 33.6 Å². The van der Waals surface area contributed by atoms with Crippen LogP contribution in [0.5, 0.6) is 0 Å². The first kappa shape index (κ1) is 20.2. The number of nitrogens with one attached hydrogen (secondary N) is 1. The molecule has 0 aliphatic heterocycles. The van der Waals surface area contributed by atoms with E-state index >= 15 is 0 Å². The smallest absolute Gasteiger partial charge is 0.196 e. The second-order valence-corrected chi connectivity index (χ2v) is 8.57. The van der Waals surface area contributed by atoms with Crippen molar-refractivity contribution < 1.29 is 9.59 Å². The van der Waals surface area contributed by atoms with Crippen LogP contribution in [0.1, 0.15) is 31.8 Å². The van der Waals surface area contributed by atoms with Crippen LogP contribution in [-0.4, -0.2) is 42.9 Å². The second kappa shape index (κ2) is 8.34. The Morgan fingerprint density at radius 2 is 1.50 bits per heavy atom. The van der Waals surface area contributed by atoms with E-state index < -0.39 is 0 Å². The zero-order valence-electron chi connectivity index (χ0n) is 16.9. The van der Waals surface area contributed by atoms with Gasteiger partial charge in [0.1, 0.15) is 0 Å². The molecule has 5 nitrogen and oxygen atoms in total. The summed E-state index contributed by atoms with van der Waals surface area (Å²) in [6.45, 7) is 0.873. The Morgan fingerprint density at radius 3 is 2.13 bits per heavy atom. The van der Waals surface area contributed by atoms with Gasteiger partial charge in [0.05, 0.1) is 22.5 Å². The highest BCUT2D eigenvalue weighted by molar-refractivity contribution is 7.99. The number of para-hydroxylation sites is 1. The number of anilines is 3. The minimum atomic E-state index is -0.205. The van der Waals surface area contributed by atoms with E-state index in [9.17, 15) is 9.59 Å². The molecule has 0 amide bonds. The van der Waals surface area contributed by atoms with Gasteiger partial charge in [0.2, 0.25) is 0 Å². The largest absolute Gasteiger partial charge is 0.397 e. The molecule has 0 spiro atoms. The predicted molar refractivity (Wildman–Crippen MR) is 123 cm³/mol. The number of nitrogen functional groups attached to an aromatic ring is 1. The molecule has 0 bridgehead atoms. The number of thioether (sulfide) groups is 1. The van der Waals surface area contributed by atoms with Crippen molar-refractivity contribution in [3.05, 3.63) is 82.9 Å². The Hall–Kier alpha value is -3.09. The lowest BCUT2D eigenvalue weighted by Crippen LogP contribution is -2.24. The lowest BCUT2D eigenvalue weighted by molar-refractivity contribution is 0.0980. The molecule has 3 aromatic rings. The number of fused-ring (bicyclic) bond motifs is 2. The van der Waals surface area contributed by atoms with Crippen LogP contribution in [0.2, 0.25) is 0 Å². The number of nitrogens with zero attached hydrogens (tertiary/aromatic N) is 1. The van der Waals surface area contributed by atoms with E-state index in [4.69, 9.17) is 5.73 Å². The zero-order valence-corrected chi connectivity index (χ0v) is 17.8. The third-order valence-corrected chi connectivity index (χ3v) is 6.08. The van der Waals surface area contributed by atoms with Crippen LogP contribution in [0, 0.1) is 0 Å². The molecular formula is C24H23N3O2S. The average molecular weight is 418 g/mol. The molecule has 0 atom stereocenters. The predicted octanol–water partition coefficient (Wildman–Crippen LogP) is 4.44. The number of nitrogens with two attached hydrogens (primary N) is 1. The van der Waals surface area contributed by atoms with Crippen molar-refractivity contribution in [1.29, 1.82) is 0 Å². The van der Waals surface area contributed by atoms with Gasteiger partial charge in [-0.05, 0) is 32.3 Å². The SMILES string of the molecule is CN(C)CCSc1cc(Nc2ccccc2)c2c(c1N)C(=O)c1ccccc1C2=O. The summed E-state index contributed by atoms with van der Waals surface area (Å²) in [5.74, 6) is 0.429. The summed E-state index contributed by atoms with van der Waals surface area (Å²) >= 11 is 1.59. The number of hydrogen-bond donors (Lipinski definition) is 2. The Labute approximate surface area is 180 Å². The highest BCUT2D eigenvalue weighted by Crippen LogP contribution is 2.41. The van der Waals surface area contributed by atoms with Gasteiger partial charge in [-0.15, -0.1) is 11.8 Å². The van der Waals surface area contributed by atoms with Crippen LogP contribution in [-0.2, 0) is 0 Å². The van der Waals surface area contributed by atoms with Gasteiger partial charge in [-0.25, -0.2) is 0 Å². The monoisotopic (exact) mass is 417 g/mol. The van der Waals surface area contributed by atoms with Gasteiger partial charge in [-0.2, -0.15) is 0 Å². The number of hydrogen-bond acceptors (Lipinski definition) is 6. The van der Waals surface area contributed by atoms with Gasteiger partial charge in [-0.1, -0.05) is 42.5 Å². The molecule has 30 heavy (non-hydrogen) atoms.